The van der Waals surface area contributed by atoms with Gasteiger partial charge in [0.25, 0.3) is 0 Å². The summed E-state index contributed by atoms with van der Waals surface area (Å²) in [6.07, 6.45) is 0. The van der Waals surface area contributed by atoms with E-state index in [0.29, 0.717) is 34.1 Å². The van der Waals surface area contributed by atoms with Gasteiger partial charge in [-0.15, -0.1) is 0 Å². The average molecular weight is 506 g/mol. The number of rotatable bonds is 6. The van der Waals surface area contributed by atoms with Crippen LogP contribution in [-0.4, -0.2) is 29.7 Å². The Balaban J connectivity index is 1.21. The van der Waals surface area contributed by atoms with Crippen LogP contribution >= 0.6 is 0 Å². The molecule has 0 amide bonds. The molecule has 0 atom stereocenters. The molecule has 2 aliphatic rings. The van der Waals surface area contributed by atoms with Crippen molar-refractivity contribution in [1.82, 2.24) is 0 Å². The van der Waals surface area contributed by atoms with Crippen LogP contribution in [0.5, 0.6) is 23.0 Å². The molecule has 0 saturated heterocycles. The van der Waals surface area contributed by atoms with E-state index in [0.717, 1.165) is 0 Å². The van der Waals surface area contributed by atoms with Crippen molar-refractivity contribution < 1.29 is 42.9 Å². The molecule has 0 bridgehead atoms. The van der Waals surface area contributed by atoms with Crippen LogP contribution in [0.2, 0.25) is 0 Å². The molecule has 0 aliphatic carbocycles. The zero-order valence-corrected chi connectivity index (χ0v) is 19.3. The molecule has 0 saturated carbocycles. The van der Waals surface area contributed by atoms with Crippen LogP contribution in [-0.2, 0) is 9.47 Å². The fraction of sp³-hybridized carbons (Fsp3) is 0. The SMILES string of the molecule is O=C(c1cccc(Oc2ccc3c(c2)C(=O)OC3=O)c1)c1cccc(Oc2ccc3c(c2)C(=O)OC3=O)c1. The summed E-state index contributed by atoms with van der Waals surface area (Å²) in [6, 6.07) is 21.7. The molecule has 2 heterocycles. The first-order valence-corrected chi connectivity index (χ1v) is 11.3. The zero-order valence-electron chi connectivity index (χ0n) is 19.3. The monoisotopic (exact) mass is 506 g/mol. The molecule has 0 fully saturated rings. The Labute approximate surface area is 214 Å². The molecule has 2 aliphatic heterocycles. The lowest BCUT2D eigenvalue weighted by Gasteiger charge is -2.10. The number of cyclic esters (lactones) is 4. The summed E-state index contributed by atoms with van der Waals surface area (Å²) in [7, 11) is 0. The molecule has 0 aromatic heterocycles. The maximum atomic E-state index is 13.2. The van der Waals surface area contributed by atoms with Crippen LogP contribution < -0.4 is 9.47 Å². The van der Waals surface area contributed by atoms with Gasteiger partial charge in [0.15, 0.2) is 5.78 Å². The Morgan fingerprint density at radius 2 is 0.868 bits per heavy atom. The lowest BCUT2D eigenvalue weighted by atomic mass is 10.0. The van der Waals surface area contributed by atoms with E-state index < -0.39 is 23.9 Å². The lowest BCUT2D eigenvalue weighted by Crippen LogP contribution is -2.02. The Bertz CT molecular complexity index is 1590. The van der Waals surface area contributed by atoms with Gasteiger partial charge in [0.1, 0.15) is 23.0 Å². The highest BCUT2D eigenvalue weighted by Gasteiger charge is 2.31. The van der Waals surface area contributed by atoms with E-state index >= 15 is 0 Å². The first-order valence-electron chi connectivity index (χ1n) is 11.3. The standard InChI is InChI=1S/C29H14O9/c30-25(15-3-1-5-17(11-15)35-19-7-9-21-23(13-19)28(33)37-26(21)31)16-4-2-6-18(12-16)36-20-8-10-22-24(14-20)29(34)38-27(22)32/h1-14H. The Hall–Kier alpha value is -5.57. The normalized spacial score (nSPS) is 13.5. The van der Waals surface area contributed by atoms with E-state index in [2.05, 4.69) is 9.47 Å². The minimum absolute atomic E-state index is 0.114. The molecule has 4 aromatic rings. The van der Waals surface area contributed by atoms with E-state index in [1.807, 2.05) is 0 Å². The molecular formula is C29H14O9. The summed E-state index contributed by atoms with van der Waals surface area (Å²) < 4.78 is 20.8. The molecule has 0 unspecified atom stereocenters. The maximum Gasteiger partial charge on any atom is 0.347 e. The third-order valence-corrected chi connectivity index (χ3v) is 5.90. The molecule has 184 valence electrons. The van der Waals surface area contributed by atoms with Gasteiger partial charge in [0.2, 0.25) is 0 Å². The molecule has 38 heavy (non-hydrogen) atoms. The number of benzene rings is 4. The van der Waals surface area contributed by atoms with Gasteiger partial charge in [-0.3, -0.25) is 4.79 Å². The van der Waals surface area contributed by atoms with Crippen LogP contribution in [0.3, 0.4) is 0 Å². The first-order chi connectivity index (χ1) is 18.4. The van der Waals surface area contributed by atoms with Gasteiger partial charge in [0.05, 0.1) is 22.3 Å². The average Bonchev–Trinajstić information content (AvgIpc) is 3.36. The summed E-state index contributed by atoms with van der Waals surface area (Å²) in [4.78, 5) is 60.1. The number of ether oxygens (including phenoxy) is 4. The molecule has 0 spiro atoms. The van der Waals surface area contributed by atoms with Crippen molar-refractivity contribution in [3.63, 3.8) is 0 Å². The second-order valence-corrected chi connectivity index (χ2v) is 8.36. The molecule has 0 N–H and O–H groups in total. The van der Waals surface area contributed by atoms with Crippen molar-refractivity contribution in [1.29, 1.82) is 0 Å². The smallest absolute Gasteiger partial charge is 0.347 e. The molecule has 9 heteroatoms. The highest BCUT2D eigenvalue weighted by atomic mass is 16.6. The van der Waals surface area contributed by atoms with Crippen LogP contribution in [0.4, 0.5) is 0 Å². The number of hydrogen-bond donors (Lipinski definition) is 0. The van der Waals surface area contributed by atoms with Gasteiger partial charge in [0, 0.05) is 11.1 Å². The maximum absolute atomic E-state index is 13.2. The minimum Gasteiger partial charge on any atom is -0.457 e. The van der Waals surface area contributed by atoms with Crippen molar-refractivity contribution in [2.45, 2.75) is 0 Å². The number of esters is 4. The predicted molar refractivity (Wildman–Crippen MR) is 129 cm³/mol. The van der Waals surface area contributed by atoms with E-state index in [4.69, 9.17) is 9.47 Å². The Kier molecular flexibility index (Phi) is 5.31. The van der Waals surface area contributed by atoms with Crippen molar-refractivity contribution in [3.05, 3.63) is 118 Å². The third-order valence-electron chi connectivity index (χ3n) is 5.90. The first kappa shape index (κ1) is 22.9. The summed E-state index contributed by atoms with van der Waals surface area (Å²) >= 11 is 0. The van der Waals surface area contributed by atoms with Gasteiger partial charge < -0.3 is 18.9 Å². The van der Waals surface area contributed by atoms with Gasteiger partial charge in [-0.25, -0.2) is 19.2 Å². The van der Waals surface area contributed by atoms with Crippen molar-refractivity contribution >= 4 is 29.7 Å². The van der Waals surface area contributed by atoms with Gasteiger partial charge >= 0.3 is 23.9 Å². The zero-order chi connectivity index (χ0) is 26.4. The largest absolute Gasteiger partial charge is 0.457 e. The summed E-state index contributed by atoms with van der Waals surface area (Å²) in [5.74, 6) is -1.89. The van der Waals surface area contributed by atoms with Crippen LogP contribution in [0, 0.1) is 0 Å². The van der Waals surface area contributed by atoms with Crippen LogP contribution in [0.1, 0.15) is 57.4 Å². The van der Waals surface area contributed by atoms with Crippen LogP contribution in [0.15, 0.2) is 84.9 Å². The molecule has 9 nitrogen and oxygen atoms in total. The lowest BCUT2D eigenvalue weighted by molar-refractivity contribution is 0.0425. The Morgan fingerprint density at radius 1 is 0.474 bits per heavy atom. The molecule has 4 aromatic carbocycles. The number of hydrogen-bond acceptors (Lipinski definition) is 9. The van der Waals surface area contributed by atoms with E-state index in [1.165, 1.54) is 36.4 Å². The summed E-state index contributed by atoms with van der Waals surface area (Å²) in [5.41, 5.74) is 1.25. The van der Waals surface area contributed by atoms with Gasteiger partial charge in [-0.2, -0.15) is 0 Å². The fourth-order valence-electron chi connectivity index (χ4n) is 4.10. The fourth-order valence-corrected chi connectivity index (χ4v) is 4.10. The summed E-state index contributed by atoms with van der Waals surface area (Å²) in [6.45, 7) is 0. The highest BCUT2D eigenvalue weighted by molar-refractivity contribution is 6.15. The molecule has 0 radical (unpaired) electrons. The van der Waals surface area contributed by atoms with E-state index in [1.54, 1.807) is 48.5 Å². The number of ketones is 1. The van der Waals surface area contributed by atoms with Crippen molar-refractivity contribution in [2.75, 3.05) is 0 Å². The highest BCUT2D eigenvalue weighted by Crippen LogP contribution is 2.31. The topological polar surface area (TPSA) is 122 Å². The predicted octanol–water partition coefficient (Wildman–Crippen LogP) is 5.12. The van der Waals surface area contributed by atoms with Crippen LogP contribution in [0.25, 0.3) is 0 Å². The van der Waals surface area contributed by atoms with Crippen molar-refractivity contribution in [3.8, 4) is 23.0 Å². The summed E-state index contributed by atoms with van der Waals surface area (Å²) in [5, 5.41) is 0. The van der Waals surface area contributed by atoms with E-state index in [-0.39, 0.29) is 28.0 Å². The molecule has 6 rings (SSSR count). The van der Waals surface area contributed by atoms with Gasteiger partial charge in [-0.05, 0) is 60.7 Å². The Morgan fingerprint density at radius 3 is 1.32 bits per heavy atom. The van der Waals surface area contributed by atoms with Gasteiger partial charge in [-0.1, -0.05) is 24.3 Å². The third kappa shape index (κ3) is 4.07. The minimum atomic E-state index is -0.741. The molecular weight excluding hydrogens is 492 g/mol. The number of carbonyl (C=O) groups is 5. The number of fused-ring (bicyclic) bond motifs is 2. The van der Waals surface area contributed by atoms with E-state index in [9.17, 15) is 24.0 Å². The second kappa shape index (κ2) is 8.82. The quantitative estimate of drug-likeness (QED) is 0.199. The number of carbonyl (C=O) groups excluding carboxylic acids is 5. The van der Waals surface area contributed by atoms with Crippen molar-refractivity contribution in [2.24, 2.45) is 0 Å². The second-order valence-electron chi connectivity index (χ2n) is 8.36.